The molecule has 1 aromatic rings. The van der Waals surface area contributed by atoms with Crippen molar-refractivity contribution in [2.24, 2.45) is 5.92 Å². The molecule has 0 bridgehead atoms. The first-order valence-electron chi connectivity index (χ1n) is 7.61. The minimum absolute atomic E-state index is 0.0529. The standard InChI is InChI=1S/C16H18ClF3N2O2/c1-3-9(2)21-15(24)10-6-14(23)22(8-10)13-5-4-11(17)7-12(13)16(18,19)20/h4-5,7,9-10H,3,6,8H2,1-2H3,(H,21,24). The molecule has 1 N–H and O–H groups in total. The van der Waals surface area contributed by atoms with Crippen LogP contribution in [0.25, 0.3) is 0 Å². The summed E-state index contributed by atoms with van der Waals surface area (Å²) in [5.41, 5.74) is -1.25. The third-order valence-electron chi connectivity index (χ3n) is 4.05. The van der Waals surface area contributed by atoms with E-state index in [2.05, 4.69) is 5.32 Å². The summed E-state index contributed by atoms with van der Waals surface area (Å²) in [4.78, 5) is 25.3. The number of hydrogen-bond donors (Lipinski definition) is 1. The number of alkyl halides is 3. The van der Waals surface area contributed by atoms with Gasteiger partial charge in [-0.15, -0.1) is 0 Å². The lowest BCUT2D eigenvalue weighted by atomic mass is 10.1. The third-order valence-corrected chi connectivity index (χ3v) is 4.29. The molecule has 0 aromatic heterocycles. The van der Waals surface area contributed by atoms with E-state index in [0.29, 0.717) is 0 Å². The van der Waals surface area contributed by atoms with Crippen LogP contribution >= 0.6 is 11.6 Å². The number of anilines is 1. The average Bonchev–Trinajstić information content (AvgIpc) is 2.88. The van der Waals surface area contributed by atoms with Gasteiger partial charge in [-0.1, -0.05) is 18.5 Å². The summed E-state index contributed by atoms with van der Waals surface area (Å²) in [7, 11) is 0. The zero-order chi connectivity index (χ0) is 18.1. The molecule has 2 unspecified atom stereocenters. The van der Waals surface area contributed by atoms with E-state index in [1.165, 1.54) is 6.07 Å². The van der Waals surface area contributed by atoms with Gasteiger partial charge in [0.25, 0.3) is 0 Å². The maximum atomic E-state index is 13.2. The van der Waals surface area contributed by atoms with E-state index in [-0.39, 0.29) is 35.6 Å². The van der Waals surface area contributed by atoms with Gasteiger partial charge in [-0.05, 0) is 31.5 Å². The Balaban J connectivity index is 2.25. The highest BCUT2D eigenvalue weighted by Crippen LogP contribution is 2.40. The first-order chi connectivity index (χ1) is 11.1. The van der Waals surface area contributed by atoms with Crippen molar-refractivity contribution in [1.82, 2.24) is 5.32 Å². The molecule has 0 aliphatic carbocycles. The summed E-state index contributed by atoms with van der Waals surface area (Å²) < 4.78 is 39.6. The molecule has 24 heavy (non-hydrogen) atoms. The number of nitrogens with zero attached hydrogens (tertiary/aromatic N) is 1. The lowest BCUT2D eigenvalue weighted by molar-refractivity contribution is -0.137. The molecule has 8 heteroatoms. The van der Waals surface area contributed by atoms with Crippen molar-refractivity contribution in [3.63, 3.8) is 0 Å². The zero-order valence-corrected chi connectivity index (χ0v) is 14.0. The highest BCUT2D eigenvalue weighted by molar-refractivity contribution is 6.30. The summed E-state index contributed by atoms with van der Waals surface area (Å²) in [6, 6.07) is 3.20. The Labute approximate surface area is 143 Å². The minimum atomic E-state index is -4.64. The van der Waals surface area contributed by atoms with Gasteiger partial charge in [0.2, 0.25) is 11.8 Å². The number of hydrogen-bond acceptors (Lipinski definition) is 2. The molecule has 132 valence electrons. The van der Waals surface area contributed by atoms with Gasteiger partial charge in [-0.25, -0.2) is 0 Å². The smallest absolute Gasteiger partial charge is 0.353 e. The van der Waals surface area contributed by atoms with Gasteiger partial charge in [0.05, 0.1) is 17.2 Å². The van der Waals surface area contributed by atoms with E-state index in [4.69, 9.17) is 11.6 Å². The van der Waals surface area contributed by atoms with E-state index >= 15 is 0 Å². The van der Waals surface area contributed by atoms with E-state index in [9.17, 15) is 22.8 Å². The fraction of sp³-hybridized carbons (Fsp3) is 0.500. The Bertz CT molecular complexity index is 649. The van der Waals surface area contributed by atoms with E-state index in [0.717, 1.165) is 23.5 Å². The maximum absolute atomic E-state index is 13.2. The second kappa shape index (κ2) is 7.01. The number of carbonyl (C=O) groups is 2. The number of nitrogens with one attached hydrogen (secondary N) is 1. The van der Waals surface area contributed by atoms with Crippen LogP contribution in [0.5, 0.6) is 0 Å². The van der Waals surface area contributed by atoms with E-state index < -0.39 is 23.6 Å². The summed E-state index contributed by atoms with van der Waals surface area (Å²) in [5, 5.41) is 2.69. The number of carbonyl (C=O) groups excluding carboxylic acids is 2. The van der Waals surface area contributed by atoms with Crippen LogP contribution in [0.1, 0.15) is 32.3 Å². The first-order valence-corrected chi connectivity index (χ1v) is 7.98. The monoisotopic (exact) mass is 362 g/mol. The van der Waals surface area contributed by atoms with Crippen molar-refractivity contribution in [1.29, 1.82) is 0 Å². The molecule has 0 radical (unpaired) electrons. The third kappa shape index (κ3) is 4.01. The van der Waals surface area contributed by atoms with E-state index in [1.54, 1.807) is 0 Å². The van der Waals surface area contributed by atoms with Gasteiger partial charge in [0.15, 0.2) is 0 Å². The van der Waals surface area contributed by atoms with Crippen LogP contribution in [-0.4, -0.2) is 24.4 Å². The molecule has 1 saturated heterocycles. The summed E-state index contributed by atoms with van der Waals surface area (Å²) in [5.74, 6) is -1.49. The molecular formula is C16H18ClF3N2O2. The second-order valence-electron chi connectivity index (χ2n) is 5.88. The van der Waals surface area contributed by atoms with Crippen molar-refractivity contribution in [2.75, 3.05) is 11.4 Å². The van der Waals surface area contributed by atoms with Crippen molar-refractivity contribution in [2.45, 2.75) is 38.9 Å². The van der Waals surface area contributed by atoms with Crippen LogP contribution < -0.4 is 10.2 Å². The van der Waals surface area contributed by atoms with E-state index in [1.807, 2.05) is 13.8 Å². The maximum Gasteiger partial charge on any atom is 0.418 e. The topological polar surface area (TPSA) is 49.4 Å². The van der Waals surface area contributed by atoms with Gasteiger partial charge in [-0.2, -0.15) is 13.2 Å². The molecular weight excluding hydrogens is 345 g/mol. The molecule has 4 nitrogen and oxygen atoms in total. The SMILES string of the molecule is CCC(C)NC(=O)C1CC(=O)N(c2ccc(Cl)cc2C(F)(F)F)C1. The fourth-order valence-electron chi connectivity index (χ4n) is 2.55. The highest BCUT2D eigenvalue weighted by Gasteiger charge is 2.41. The van der Waals surface area contributed by atoms with Crippen LogP contribution in [0.4, 0.5) is 18.9 Å². The minimum Gasteiger partial charge on any atom is -0.353 e. The Morgan fingerprint density at radius 3 is 2.71 bits per heavy atom. The van der Waals surface area contributed by atoms with Crippen LogP contribution in [0.15, 0.2) is 18.2 Å². The van der Waals surface area contributed by atoms with Crippen molar-refractivity contribution in [3.8, 4) is 0 Å². The Kier molecular flexibility index (Phi) is 5.42. The highest BCUT2D eigenvalue weighted by atomic mass is 35.5. The number of rotatable bonds is 4. The summed E-state index contributed by atoms with van der Waals surface area (Å²) in [6.45, 7) is 3.65. The summed E-state index contributed by atoms with van der Waals surface area (Å²) >= 11 is 5.65. The first kappa shape index (κ1) is 18.6. The largest absolute Gasteiger partial charge is 0.418 e. The molecule has 2 atom stereocenters. The Morgan fingerprint density at radius 1 is 1.46 bits per heavy atom. The molecule has 1 heterocycles. The average molecular weight is 363 g/mol. The van der Waals surface area contributed by atoms with Gasteiger partial charge in [0, 0.05) is 24.0 Å². The van der Waals surface area contributed by atoms with Crippen molar-refractivity contribution < 1.29 is 22.8 Å². The Hall–Kier alpha value is -1.76. The molecule has 1 aliphatic rings. The number of amides is 2. The predicted octanol–water partition coefficient (Wildman–Crippen LogP) is 3.63. The van der Waals surface area contributed by atoms with Gasteiger partial charge in [-0.3, -0.25) is 9.59 Å². The summed E-state index contributed by atoms with van der Waals surface area (Å²) in [6.07, 6.45) is -4.02. The molecule has 0 spiro atoms. The molecule has 1 aliphatic heterocycles. The second-order valence-corrected chi connectivity index (χ2v) is 6.32. The van der Waals surface area contributed by atoms with Crippen molar-refractivity contribution >= 4 is 29.1 Å². The zero-order valence-electron chi connectivity index (χ0n) is 13.3. The fourth-order valence-corrected chi connectivity index (χ4v) is 2.72. The quantitative estimate of drug-likeness (QED) is 0.889. The molecule has 2 rings (SSSR count). The van der Waals surface area contributed by atoms with Gasteiger partial charge >= 0.3 is 6.18 Å². The van der Waals surface area contributed by atoms with Crippen LogP contribution in [0.3, 0.4) is 0 Å². The van der Waals surface area contributed by atoms with Crippen LogP contribution in [0, 0.1) is 5.92 Å². The predicted molar refractivity (Wildman–Crippen MR) is 84.8 cm³/mol. The van der Waals surface area contributed by atoms with Gasteiger partial charge < -0.3 is 10.2 Å². The molecule has 1 aromatic carbocycles. The van der Waals surface area contributed by atoms with Crippen molar-refractivity contribution in [3.05, 3.63) is 28.8 Å². The van der Waals surface area contributed by atoms with Crippen LogP contribution in [-0.2, 0) is 15.8 Å². The molecule has 2 amide bonds. The lowest BCUT2D eigenvalue weighted by Crippen LogP contribution is -2.38. The molecule has 0 saturated carbocycles. The number of benzene rings is 1. The van der Waals surface area contributed by atoms with Crippen LogP contribution in [0.2, 0.25) is 5.02 Å². The normalized spacial score (nSPS) is 19.5. The Morgan fingerprint density at radius 2 is 2.12 bits per heavy atom. The van der Waals surface area contributed by atoms with Gasteiger partial charge in [0.1, 0.15) is 0 Å². The molecule has 1 fully saturated rings. The number of halogens is 4. The lowest BCUT2D eigenvalue weighted by Gasteiger charge is -2.22.